The number of benzene rings is 2. The second-order valence-corrected chi connectivity index (χ2v) is 6.75. The number of anilines is 1. The Balaban J connectivity index is 1.78. The van der Waals surface area contributed by atoms with Crippen LogP contribution in [-0.4, -0.2) is 38.0 Å². The fraction of sp³-hybridized carbons (Fsp3) is 0.250. The van der Waals surface area contributed by atoms with Gasteiger partial charge >= 0.3 is 6.03 Å². The molecule has 2 aromatic rings. The number of nitrogens with one attached hydrogen (secondary N) is 2. The average Bonchev–Trinajstić information content (AvgIpc) is 3.09. The fourth-order valence-corrected chi connectivity index (χ4v) is 3.94. The highest BCUT2D eigenvalue weighted by Gasteiger charge is 2.60. The second kappa shape index (κ2) is 6.42. The molecule has 7 heteroatoms. The topological polar surface area (TPSA) is 87.7 Å². The van der Waals surface area contributed by atoms with Gasteiger partial charge in [0.1, 0.15) is 5.75 Å². The summed E-state index contributed by atoms with van der Waals surface area (Å²) in [5.41, 5.74) is 0.387. The average molecular weight is 365 g/mol. The maximum atomic E-state index is 12.9. The molecule has 2 N–H and O–H groups in total. The van der Waals surface area contributed by atoms with E-state index in [0.717, 1.165) is 11.3 Å². The minimum Gasteiger partial charge on any atom is -0.497 e. The first-order valence-electron chi connectivity index (χ1n) is 8.65. The number of urea groups is 1. The number of imide groups is 2. The van der Waals surface area contributed by atoms with Gasteiger partial charge in [0, 0.05) is 24.7 Å². The number of carbonyl (C=O) groups is 3. The molecule has 1 spiro atoms. The standard InChI is InChI=1S/C20H19N3O4/c1-27-15-9-7-13(8-10-15)16-11-23(14-5-3-2-4-6-14)12-20(16)17(24)21-19(26)22-18(20)25/h2-10,16H,11-12H2,1H3,(H2,21,22,24,25,26). The van der Waals surface area contributed by atoms with Gasteiger partial charge in [-0.25, -0.2) is 4.79 Å². The SMILES string of the molecule is COc1ccc(C2CN(c3ccccc3)CC23C(=O)NC(=O)NC3=O)cc1. The molecule has 0 aliphatic carbocycles. The monoisotopic (exact) mass is 365 g/mol. The Morgan fingerprint density at radius 2 is 1.59 bits per heavy atom. The molecular weight excluding hydrogens is 346 g/mol. The van der Waals surface area contributed by atoms with E-state index in [1.807, 2.05) is 47.4 Å². The quantitative estimate of drug-likeness (QED) is 0.808. The van der Waals surface area contributed by atoms with Gasteiger partial charge < -0.3 is 9.64 Å². The van der Waals surface area contributed by atoms with E-state index in [-0.39, 0.29) is 6.54 Å². The number of carbonyl (C=O) groups excluding carboxylic acids is 3. The van der Waals surface area contributed by atoms with Crippen LogP contribution in [0.3, 0.4) is 0 Å². The van der Waals surface area contributed by atoms with E-state index in [9.17, 15) is 14.4 Å². The minimum atomic E-state index is -1.38. The number of para-hydroxylation sites is 1. The highest BCUT2D eigenvalue weighted by Crippen LogP contribution is 2.46. The maximum absolute atomic E-state index is 12.9. The van der Waals surface area contributed by atoms with Gasteiger partial charge in [-0.15, -0.1) is 0 Å². The van der Waals surface area contributed by atoms with Crippen molar-refractivity contribution in [3.05, 3.63) is 60.2 Å². The number of amides is 4. The summed E-state index contributed by atoms with van der Waals surface area (Å²) in [6.07, 6.45) is 0. The largest absolute Gasteiger partial charge is 0.497 e. The Hall–Kier alpha value is -3.35. The van der Waals surface area contributed by atoms with Gasteiger partial charge in [0.25, 0.3) is 0 Å². The summed E-state index contributed by atoms with van der Waals surface area (Å²) in [7, 11) is 1.58. The summed E-state index contributed by atoms with van der Waals surface area (Å²) in [6, 6.07) is 16.2. The molecule has 0 aromatic heterocycles. The van der Waals surface area contributed by atoms with Crippen molar-refractivity contribution in [1.82, 2.24) is 10.6 Å². The molecule has 2 heterocycles. The lowest BCUT2D eigenvalue weighted by atomic mass is 9.72. The maximum Gasteiger partial charge on any atom is 0.328 e. The van der Waals surface area contributed by atoms with Crippen LogP contribution in [0.15, 0.2) is 54.6 Å². The number of methoxy groups -OCH3 is 1. The molecule has 0 saturated carbocycles. The third-order valence-corrected chi connectivity index (χ3v) is 5.34. The zero-order valence-electron chi connectivity index (χ0n) is 14.8. The first-order valence-corrected chi connectivity index (χ1v) is 8.65. The van der Waals surface area contributed by atoms with Crippen molar-refractivity contribution in [2.75, 3.05) is 25.1 Å². The summed E-state index contributed by atoms with van der Waals surface area (Å²) in [4.78, 5) is 39.4. The van der Waals surface area contributed by atoms with Gasteiger partial charge in [0.05, 0.1) is 7.11 Å². The van der Waals surface area contributed by atoms with Gasteiger partial charge in [0.2, 0.25) is 11.8 Å². The van der Waals surface area contributed by atoms with Crippen LogP contribution >= 0.6 is 0 Å². The van der Waals surface area contributed by atoms with E-state index >= 15 is 0 Å². The summed E-state index contributed by atoms with van der Waals surface area (Å²) < 4.78 is 5.20. The molecule has 2 aliphatic heterocycles. The number of barbiturate groups is 1. The molecule has 0 radical (unpaired) electrons. The number of hydrogen-bond donors (Lipinski definition) is 2. The Labute approximate surface area is 156 Å². The summed E-state index contributed by atoms with van der Waals surface area (Å²) in [6.45, 7) is 0.671. The summed E-state index contributed by atoms with van der Waals surface area (Å²) >= 11 is 0. The van der Waals surface area contributed by atoms with Crippen LogP contribution < -0.4 is 20.3 Å². The molecule has 138 valence electrons. The zero-order chi connectivity index (χ0) is 19.0. The van der Waals surface area contributed by atoms with E-state index in [1.54, 1.807) is 19.2 Å². The fourth-order valence-electron chi connectivity index (χ4n) is 3.94. The predicted molar refractivity (Wildman–Crippen MR) is 98.5 cm³/mol. The van der Waals surface area contributed by atoms with Crippen molar-refractivity contribution >= 4 is 23.5 Å². The highest BCUT2D eigenvalue weighted by molar-refractivity contribution is 6.20. The van der Waals surface area contributed by atoms with Gasteiger partial charge in [0.15, 0.2) is 5.41 Å². The number of ether oxygens (including phenoxy) is 1. The van der Waals surface area contributed by atoms with Crippen LogP contribution in [0.5, 0.6) is 5.75 Å². The molecule has 2 saturated heterocycles. The third-order valence-electron chi connectivity index (χ3n) is 5.34. The molecule has 4 amide bonds. The molecule has 2 aromatic carbocycles. The molecule has 27 heavy (non-hydrogen) atoms. The Morgan fingerprint density at radius 1 is 0.963 bits per heavy atom. The normalized spacial score (nSPS) is 21.1. The number of hydrogen-bond acceptors (Lipinski definition) is 5. The highest BCUT2D eigenvalue weighted by atomic mass is 16.5. The lowest BCUT2D eigenvalue weighted by molar-refractivity contribution is -0.143. The van der Waals surface area contributed by atoms with E-state index in [0.29, 0.717) is 12.3 Å². The van der Waals surface area contributed by atoms with Crippen molar-refractivity contribution in [2.45, 2.75) is 5.92 Å². The molecule has 1 atom stereocenters. The van der Waals surface area contributed by atoms with Crippen LogP contribution in [0.4, 0.5) is 10.5 Å². The van der Waals surface area contributed by atoms with Crippen molar-refractivity contribution in [1.29, 1.82) is 0 Å². The zero-order valence-corrected chi connectivity index (χ0v) is 14.8. The van der Waals surface area contributed by atoms with Crippen LogP contribution in [-0.2, 0) is 9.59 Å². The Morgan fingerprint density at radius 3 is 2.19 bits per heavy atom. The van der Waals surface area contributed by atoms with Gasteiger partial charge in [-0.05, 0) is 29.8 Å². The molecule has 1 unspecified atom stereocenters. The molecule has 7 nitrogen and oxygen atoms in total. The molecule has 0 bridgehead atoms. The van der Waals surface area contributed by atoms with Gasteiger partial charge in [-0.1, -0.05) is 30.3 Å². The molecule has 2 fully saturated rings. The smallest absolute Gasteiger partial charge is 0.328 e. The molecular formula is C20H19N3O4. The first-order chi connectivity index (χ1) is 13.0. The lowest BCUT2D eigenvalue weighted by Crippen LogP contribution is -2.64. The van der Waals surface area contributed by atoms with Crippen LogP contribution in [0.25, 0.3) is 0 Å². The second-order valence-electron chi connectivity index (χ2n) is 6.75. The summed E-state index contributed by atoms with van der Waals surface area (Å²) in [5.74, 6) is -0.832. The molecule has 2 aliphatic rings. The van der Waals surface area contributed by atoms with Crippen molar-refractivity contribution in [3.63, 3.8) is 0 Å². The first kappa shape index (κ1) is 17.1. The Kier molecular flexibility index (Phi) is 4.07. The van der Waals surface area contributed by atoms with E-state index in [2.05, 4.69) is 10.6 Å². The van der Waals surface area contributed by atoms with E-state index in [4.69, 9.17) is 4.74 Å². The molecule has 4 rings (SSSR count). The van der Waals surface area contributed by atoms with Crippen LogP contribution in [0.1, 0.15) is 11.5 Å². The van der Waals surface area contributed by atoms with Gasteiger partial charge in [-0.3, -0.25) is 20.2 Å². The lowest BCUT2D eigenvalue weighted by Gasteiger charge is -2.34. The Bertz CT molecular complexity index is 875. The number of rotatable bonds is 3. The van der Waals surface area contributed by atoms with Gasteiger partial charge in [-0.2, -0.15) is 0 Å². The predicted octanol–water partition coefficient (Wildman–Crippen LogP) is 1.65. The van der Waals surface area contributed by atoms with Crippen LogP contribution in [0.2, 0.25) is 0 Å². The minimum absolute atomic E-state index is 0.193. The van der Waals surface area contributed by atoms with E-state index < -0.39 is 29.2 Å². The van der Waals surface area contributed by atoms with E-state index in [1.165, 1.54) is 0 Å². The van der Waals surface area contributed by atoms with Crippen molar-refractivity contribution < 1.29 is 19.1 Å². The van der Waals surface area contributed by atoms with Crippen LogP contribution in [0, 0.1) is 5.41 Å². The van der Waals surface area contributed by atoms with Crippen molar-refractivity contribution in [3.8, 4) is 5.75 Å². The number of nitrogens with zero attached hydrogens (tertiary/aromatic N) is 1. The third kappa shape index (κ3) is 2.71. The van der Waals surface area contributed by atoms with Crippen molar-refractivity contribution in [2.24, 2.45) is 5.41 Å². The summed E-state index contributed by atoms with van der Waals surface area (Å²) in [5, 5.41) is 4.55.